The second-order valence-corrected chi connectivity index (χ2v) is 11.0. The number of rotatable bonds is 7. The Morgan fingerprint density at radius 2 is 1.71 bits per heavy atom. The number of likely N-dealkylation sites (N-methyl/N-ethyl adjacent to an activating group) is 1. The van der Waals surface area contributed by atoms with Gasteiger partial charge in [-0.15, -0.1) is 0 Å². The molecule has 0 bridgehead atoms. The zero-order valence-electron chi connectivity index (χ0n) is 22.4. The number of likely N-dealkylation sites (tertiary alicyclic amines) is 1. The maximum Gasteiger partial charge on any atom is 0.335 e. The first-order valence-electron chi connectivity index (χ1n) is 13.8. The molecular formula is C31H37N3O4. The maximum absolute atomic E-state index is 13.0. The summed E-state index contributed by atoms with van der Waals surface area (Å²) >= 11 is 0. The van der Waals surface area contributed by atoms with Gasteiger partial charge in [0.25, 0.3) is 0 Å². The molecular weight excluding hydrogens is 478 g/mol. The van der Waals surface area contributed by atoms with Crippen LogP contribution in [0.3, 0.4) is 0 Å². The number of carboxylic acids is 1. The van der Waals surface area contributed by atoms with Crippen molar-refractivity contribution in [1.82, 2.24) is 14.4 Å². The summed E-state index contributed by atoms with van der Waals surface area (Å²) in [6.45, 7) is 1.55. The van der Waals surface area contributed by atoms with E-state index in [9.17, 15) is 19.5 Å². The van der Waals surface area contributed by atoms with Crippen molar-refractivity contribution in [2.75, 3.05) is 20.6 Å². The number of benzene rings is 2. The van der Waals surface area contributed by atoms with Gasteiger partial charge in [-0.3, -0.25) is 9.59 Å². The molecule has 0 spiro atoms. The number of piperidine rings is 1. The van der Waals surface area contributed by atoms with Gasteiger partial charge in [-0.2, -0.15) is 0 Å². The number of carboxylic acid groups (broad SMARTS) is 1. The monoisotopic (exact) mass is 515 g/mol. The van der Waals surface area contributed by atoms with Gasteiger partial charge in [-0.25, -0.2) is 4.79 Å². The first-order valence-corrected chi connectivity index (χ1v) is 13.8. The van der Waals surface area contributed by atoms with Crippen LogP contribution in [0.2, 0.25) is 0 Å². The minimum absolute atomic E-state index is 0.0423. The quantitative estimate of drug-likeness (QED) is 0.441. The molecule has 1 aliphatic heterocycles. The third kappa shape index (κ3) is 5.19. The molecule has 0 atom stereocenters. The zero-order valence-corrected chi connectivity index (χ0v) is 22.4. The number of carbonyl (C=O) groups is 3. The predicted molar refractivity (Wildman–Crippen MR) is 148 cm³/mol. The zero-order chi connectivity index (χ0) is 26.8. The van der Waals surface area contributed by atoms with Crippen molar-refractivity contribution in [3.05, 3.63) is 59.2 Å². The van der Waals surface area contributed by atoms with Gasteiger partial charge in [0.1, 0.15) is 6.54 Å². The molecule has 2 amide bonds. The summed E-state index contributed by atoms with van der Waals surface area (Å²) < 4.78 is 2.03. The normalized spacial score (nSPS) is 16.7. The second-order valence-electron chi connectivity index (χ2n) is 11.0. The molecule has 200 valence electrons. The molecule has 1 saturated heterocycles. The smallest absolute Gasteiger partial charge is 0.335 e. The predicted octanol–water partition coefficient (Wildman–Crippen LogP) is 5.65. The molecule has 5 rings (SSSR count). The van der Waals surface area contributed by atoms with E-state index in [0.29, 0.717) is 18.9 Å². The minimum Gasteiger partial charge on any atom is -0.478 e. The van der Waals surface area contributed by atoms with Crippen molar-refractivity contribution >= 4 is 28.7 Å². The maximum atomic E-state index is 13.0. The number of hydrogen-bond acceptors (Lipinski definition) is 3. The molecule has 1 saturated carbocycles. The van der Waals surface area contributed by atoms with E-state index in [4.69, 9.17) is 0 Å². The first-order chi connectivity index (χ1) is 18.3. The molecule has 2 fully saturated rings. The molecule has 2 heterocycles. The largest absolute Gasteiger partial charge is 0.478 e. The van der Waals surface area contributed by atoms with Crippen molar-refractivity contribution < 1.29 is 19.5 Å². The van der Waals surface area contributed by atoms with Crippen molar-refractivity contribution in [2.24, 2.45) is 0 Å². The van der Waals surface area contributed by atoms with Crippen LogP contribution in [0.15, 0.2) is 42.5 Å². The summed E-state index contributed by atoms with van der Waals surface area (Å²) in [5.74, 6) is -0.440. The molecule has 3 aromatic rings. The molecule has 7 heteroatoms. The van der Waals surface area contributed by atoms with Crippen LogP contribution in [0.1, 0.15) is 78.8 Å². The molecule has 0 unspecified atom stereocenters. The third-order valence-corrected chi connectivity index (χ3v) is 8.18. The number of aromatic carboxylic acids is 1. The second kappa shape index (κ2) is 11.0. The average molecular weight is 516 g/mol. The number of fused-ring (bicyclic) bond motifs is 1. The van der Waals surface area contributed by atoms with Crippen LogP contribution in [0.4, 0.5) is 0 Å². The lowest BCUT2D eigenvalue weighted by Gasteiger charge is -2.27. The SMILES string of the molecule is CN(C)C(=O)Cn1c(-c2ccc(CN3CCCCC3=O)cc2)c(C2CCCCC2)c2ccc(C(=O)O)cc21. The van der Waals surface area contributed by atoms with Crippen LogP contribution in [-0.2, 0) is 22.7 Å². The highest BCUT2D eigenvalue weighted by Crippen LogP contribution is 2.44. The molecule has 38 heavy (non-hydrogen) atoms. The number of nitrogens with zero attached hydrogens (tertiary/aromatic N) is 3. The van der Waals surface area contributed by atoms with Crippen LogP contribution in [-0.4, -0.2) is 57.9 Å². The third-order valence-electron chi connectivity index (χ3n) is 8.18. The molecule has 1 N–H and O–H groups in total. The molecule has 2 aliphatic rings. The summed E-state index contributed by atoms with van der Waals surface area (Å²) in [6.07, 6.45) is 8.39. The highest BCUT2D eigenvalue weighted by atomic mass is 16.4. The summed E-state index contributed by atoms with van der Waals surface area (Å²) in [7, 11) is 3.49. The molecule has 1 aliphatic carbocycles. The Kier molecular flexibility index (Phi) is 7.54. The van der Waals surface area contributed by atoms with E-state index in [1.54, 1.807) is 31.1 Å². The highest BCUT2D eigenvalue weighted by Gasteiger charge is 2.28. The van der Waals surface area contributed by atoms with E-state index in [-0.39, 0.29) is 23.9 Å². The fourth-order valence-electron chi connectivity index (χ4n) is 6.08. The fraction of sp³-hybridized carbons (Fsp3) is 0.452. The number of aromatic nitrogens is 1. The van der Waals surface area contributed by atoms with E-state index >= 15 is 0 Å². The van der Waals surface area contributed by atoms with Gasteiger partial charge < -0.3 is 19.5 Å². The van der Waals surface area contributed by atoms with E-state index in [2.05, 4.69) is 24.3 Å². The summed E-state index contributed by atoms with van der Waals surface area (Å²) in [6, 6.07) is 13.7. The molecule has 1 aromatic heterocycles. The minimum atomic E-state index is -0.976. The fourth-order valence-corrected chi connectivity index (χ4v) is 6.08. The van der Waals surface area contributed by atoms with Gasteiger partial charge in [0, 0.05) is 39.0 Å². The molecule has 7 nitrogen and oxygen atoms in total. The van der Waals surface area contributed by atoms with Gasteiger partial charge in [0.2, 0.25) is 11.8 Å². The lowest BCUT2D eigenvalue weighted by atomic mass is 9.81. The first kappa shape index (κ1) is 26.0. The summed E-state index contributed by atoms with van der Waals surface area (Å²) in [4.78, 5) is 40.7. The highest BCUT2D eigenvalue weighted by molar-refractivity contribution is 5.99. The Balaban J connectivity index is 1.64. The molecule has 0 radical (unpaired) electrons. The van der Waals surface area contributed by atoms with Gasteiger partial charge in [-0.1, -0.05) is 49.6 Å². The molecule has 2 aromatic carbocycles. The van der Waals surface area contributed by atoms with E-state index in [1.165, 1.54) is 24.8 Å². The van der Waals surface area contributed by atoms with Crippen LogP contribution >= 0.6 is 0 Å². The Morgan fingerprint density at radius 3 is 2.37 bits per heavy atom. The van der Waals surface area contributed by atoms with E-state index in [0.717, 1.165) is 60.0 Å². The number of amides is 2. The van der Waals surface area contributed by atoms with Gasteiger partial charge in [-0.05, 0) is 60.4 Å². The number of carbonyl (C=O) groups excluding carboxylic acids is 2. The van der Waals surface area contributed by atoms with Gasteiger partial charge in [0.15, 0.2) is 0 Å². The lowest BCUT2D eigenvalue weighted by Crippen LogP contribution is -2.34. The van der Waals surface area contributed by atoms with E-state index in [1.807, 2.05) is 15.5 Å². The Hall–Kier alpha value is -3.61. The topological polar surface area (TPSA) is 82.9 Å². The lowest BCUT2D eigenvalue weighted by molar-refractivity contribution is -0.134. The van der Waals surface area contributed by atoms with Crippen molar-refractivity contribution in [3.63, 3.8) is 0 Å². The number of hydrogen-bond donors (Lipinski definition) is 1. The Morgan fingerprint density at radius 1 is 0.974 bits per heavy atom. The standard InChI is InChI=1S/C31H37N3O4/c1-32(2)28(36)20-34-26-18-24(31(37)38)15-16-25(26)29(22-8-4-3-5-9-22)30(34)23-13-11-21(12-14-23)19-33-17-7-6-10-27(33)35/h11-16,18,22H,3-10,17,19-20H2,1-2H3,(H,37,38). The van der Waals surface area contributed by atoms with Crippen molar-refractivity contribution in [3.8, 4) is 11.3 Å². The average Bonchev–Trinajstić information content (AvgIpc) is 3.24. The van der Waals surface area contributed by atoms with Crippen LogP contribution < -0.4 is 0 Å². The van der Waals surface area contributed by atoms with Gasteiger partial charge in [0.05, 0.1) is 16.8 Å². The van der Waals surface area contributed by atoms with E-state index < -0.39 is 5.97 Å². The summed E-state index contributed by atoms with van der Waals surface area (Å²) in [5, 5.41) is 10.8. The van der Waals surface area contributed by atoms with Crippen LogP contribution in [0.25, 0.3) is 22.2 Å². The Labute approximate surface area is 224 Å². The van der Waals surface area contributed by atoms with Crippen molar-refractivity contribution in [2.45, 2.75) is 70.4 Å². The van der Waals surface area contributed by atoms with Gasteiger partial charge >= 0.3 is 5.97 Å². The van der Waals surface area contributed by atoms with Crippen LogP contribution in [0, 0.1) is 0 Å². The van der Waals surface area contributed by atoms with Crippen LogP contribution in [0.5, 0.6) is 0 Å². The summed E-state index contributed by atoms with van der Waals surface area (Å²) in [5.41, 5.74) is 5.34. The Bertz CT molecular complexity index is 1350. The van der Waals surface area contributed by atoms with Crippen molar-refractivity contribution in [1.29, 1.82) is 0 Å².